The molecule has 0 aliphatic carbocycles. The highest BCUT2D eigenvalue weighted by molar-refractivity contribution is 7.89. The van der Waals surface area contributed by atoms with Crippen LogP contribution in [0.4, 0.5) is 0 Å². The molecule has 0 bridgehead atoms. The maximum atomic E-state index is 11.9. The molecular formula is C9H19NO4S. The van der Waals surface area contributed by atoms with Gasteiger partial charge >= 0.3 is 0 Å². The summed E-state index contributed by atoms with van der Waals surface area (Å²) in [6.07, 6.45) is 0.791. The summed E-state index contributed by atoms with van der Waals surface area (Å²) < 4.78 is 30.6. The zero-order valence-corrected chi connectivity index (χ0v) is 10.0. The van der Waals surface area contributed by atoms with Gasteiger partial charge in [0.2, 0.25) is 10.0 Å². The monoisotopic (exact) mass is 237 g/mol. The van der Waals surface area contributed by atoms with Gasteiger partial charge in [0.25, 0.3) is 0 Å². The number of hydrogen-bond acceptors (Lipinski definition) is 4. The van der Waals surface area contributed by atoms with Gasteiger partial charge in [-0.25, -0.2) is 8.42 Å². The number of rotatable bonds is 4. The van der Waals surface area contributed by atoms with E-state index in [-0.39, 0.29) is 12.7 Å². The van der Waals surface area contributed by atoms with Crippen LogP contribution in [-0.2, 0) is 14.8 Å². The van der Waals surface area contributed by atoms with E-state index in [9.17, 15) is 8.42 Å². The molecule has 0 aromatic rings. The van der Waals surface area contributed by atoms with Crippen LogP contribution in [0.2, 0.25) is 0 Å². The highest BCUT2D eigenvalue weighted by Gasteiger charge is 2.32. The van der Waals surface area contributed by atoms with Crippen LogP contribution in [0, 0.1) is 0 Å². The highest BCUT2D eigenvalue weighted by atomic mass is 32.2. The largest absolute Gasteiger partial charge is 0.395 e. The van der Waals surface area contributed by atoms with Crippen molar-refractivity contribution < 1.29 is 18.3 Å². The van der Waals surface area contributed by atoms with E-state index in [2.05, 4.69) is 0 Å². The quantitative estimate of drug-likeness (QED) is 0.736. The smallest absolute Gasteiger partial charge is 0.219 e. The van der Waals surface area contributed by atoms with Crippen molar-refractivity contribution in [2.45, 2.75) is 31.6 Å². The van der Waals surface area contributed by atoms with Crippen molar-refractivity contribution in [2.75, 3.05) is 26.3 Å². The molecule has 1 rings (SSSR count). The van der Waals surface area contributed by atoms with Crippen LogP contribution in [0.3, 0.4) is 0 Å². The van der Waals surface area contributed by atoms with E-state index in [0.29, 0.717) is 19.7 Å². The maximum absolute atomic E-state index is 11.9. The predicted molar refractivity (Wildman–Crippen MR) is 57.1 cm³/mol. The van der Waals surface area contributed by atoms with Crippen molar-refractivity contribution in [3.8, 4) is 0 Å². The van der Waals surface area contributed by atoms with Crippen LogP contribution < -0.4 is 0 Å². The summed E-state index contributed by atoms with van der Waals surface area (Å²) in [7, 11) is -3.35. The normalized spacial score (nSPS) is 26.5. The zero-order chi connectivity index (χ0) is 11.5. The lowest BCUT2D eigenvalue weighted by molar-refractivity contribution is -0.00317. The first kappa shape index (κ1) is 12.9. The Morgan fingerprint density at radius 1 is 1.60 bits per heavy atom. The second-order valence-electron chi connectivity index (χ2n) is 3.80. The number of sulfonamides is 1. The molecule has 0 saturated carbocycles. The first-order chi connectivity index (χ1) is 7.02. The molecule has 0 aromatic carbocycles. The first-order valence-corrected chi connectivity index (χ1v) is 6.74. The third kappa shape index (κ3) is 2.90. The summed E-state index contributed by atoms with van der Waals surface area (Å²) in [6.45, 7) is 4.39. The van der Waals surface area contributed by atoms with Gasteiger partial charge in [-0.15, -0.1) is 0 Å². The molecule has 2 atom stereocenters. The van der Waals surface area contributed by atoms with Gasteiger partial charge < -0.3 is 9.84 Å². The fourth-order valence-corrected chi connectivity index (χ4v) is 2.92. The fourth-order valence-electron chi connectivity index (χ4n) is 1.52. The number of ether oxygens (including phenoxy) is 1. The van der Waals surface area contributed by atoms with Crippen LogP contribution in [0.15, 0.2) is 0 Å². The van der Waals surface area contributed by atoms with Crippen LogP contribution >= 0.6 is 0 Å². The predicted octanol–water partition coefficient (Wildman–Crippen LogP) is -0.192. The second kappa shape index (κ2) is 5.25. The minimum Gasteiger partial charge on any atom is -0.395 e. The van der Waals surface area contributed by atoms with E-state index in [1.54, 1.807) is 0 Å². The van der Waals surface area contributed by atoms with Crippen LogP contribution in [0.5, 0.6) is 0 Å². The van der Waals surface area contributed by atoms with Crippen molar-refractivity contribution in [2.24, 2.45) is 0 Å². The Morgan fingerprint density at radius 3 is 2.80 bits per heavy atom. The molecule has 0 radical (unpaired) electrons. The van der Waals surface area contributed by atoms with E-state index < -0.39 is 15.3 Å². The summed E-state index contributed by atoms with van der Waals surface area (Å²) in [4.78, 5) is 0. The van der Waals surface area contributed by atoms with Gasteiger partial charge in [0.1, 0.15) is 0 Å². The molecule has 1 N–H and O–H groups in total. The lowest BCUT2D eigenvalue weighted by atomic mass is 10.2. The van der Waals surface area contributed by atoms with Crippen LogP contribution in [0.25, 0.3) is 0 Å². The number of hydrogen-bond donors (Lipinski definition) is 1. The van der Waals surface area contributed by atoms with Crippen molar-refractivity contribution in [1.82, 2.24) is 4.31 Å². The van der Waals surface area contributed by atoms with Crippen molar-refractivity contribution in [1.29, 1.82) is 0 Å². The third-order valence-corrected chi connectivity index (χ3v) is 4.90. The minimum absolute atomic E-state index is 0.0144. The Hall–Kier alpha value is -0.170. The average molecular weight is 237 g/mol. The lowest BCUT2D eigenvalue weighted by Crippen LogP contribution is -2.48. The highest BCUT2D eigenvalue weighted by Crippen LogP contribution is 2.15. The van der Waals surface area contributed by atoms with Crippen LogP contribution in [0.1, 0.15) is 20.3 Å². The molecule has 1 saturated heterocycles. The van der Waals surface area contributed by atoms with Gasteiger partial charge in [0.15, 0.2) is 0 Å². The molecule has 0 aromatic heterocycles. The van der Waals surface area contributed by atoms with E-state index >= 15 is 0 Å². The summed E-state index contributed by atoms with van der Waals surface area (Å²) in [5.41, 5.74) is 0. The number of aliphatic hydroxyl groups is 1. The molecule has 1 aliphatic heterocycles. The SMILES string of the molecule is CCC1CN(S(=O)(=O)C(C)CO)CCO1. The van der Waals surface area contributed by atoms with E-state index in [4.69, 9.17) is 9.84 Å². The lowest BCUT2D eigenvalue weighted by Gasteiger charge is -2.33. The summed E-state index contributed by atoms with van der Waals surface area (Å²) in [6, 6.07) is 0. The molecule has 15 heavy (non-hydrogen) atoms. The zero-order valence-electron chi connectivity index (χ0n) is 9.22. The molecule has 1 heterocycles. The molecule has 1 fully saturated rings. The molecule has 2 unspecified atom stereocenters. The molecule has 0 amide bonds. The number of morpholine rings is 1. The Kier molecular flexibility index (Phi) is 4.51. The Morgan fingerprint density at radius 2 is 2.27 bits per heavy atom. The summed E-state index contributed by atoms with van der Waals surface area (Å²) >= 11 is 0. The fraction of sp³-hybridized carbons (Fsp3) is 1.00. The molecule has 1 aliphatic rings. The van der Waals surface area contributed by atoms with Crippen molar-refractivity contribution >= 4 is 10.0 Å². The minimum atomic E-state index is -3.35. The van der Waals surface area contributed by atoms with Gasteiger partial charge in [0, 0.05) is 13.1 Å². The van der Waals surface area contributed by atoms with Crippen LogP contribution in [-0.4, -0.2) is 55.5 Å². The van der Waals surface area contributed by atoms with Crippen molar-refractivity contribution in [3.05, 3.63) is 0 Å². The van der Waals surface area contributed by atoms with E-state index in [1.165, 1.54) is 11.2 Å². The first-order valence-electron chi connectivity index (χ1n) is 5.23. The average Bonchev–Trinajstić information content (AvgIpc) is 2.27. The number of aliphatic hydroxyl groups excluding tert-OH is 1. The topological polar surface area (TPSA) is 66.8 Å². The summed E-state index contributed by atoms with van der Waals surface area (Å²) in [5.74, 6) is 0. The molecule has 0 spiro atoms. The molecule has 5 nitrogen and oxygen atoms in total. The molecular weight excluding hydrogens is 218 g/mol. The van der Waals surface area contributed by atoms with Gasteiger partial charge in [0.05, 0.1) is 24.6 Å². The van der Waals surface area contributed by atoms with E-state index in [1.807, 2.05) is 6.92 Å². The van der Waals surface area contributed by atoms with Gasteiger partial charge in [-0.1, -0.05) is 6.92 Å². The third-order valence-electron chi connectivity index (χ3n) is 2.68. The molecule has 90 valence electrons. The van der Waals surface area contributed by atoms with Gasteiger partial charge in [-0.2, -0.15) is 4.31 Å². The maximum Gasteiger partial charge on any atom is 0.219 e. The Labute approximate surface area is 91.1 Å². The standard InChI is InChI=1S/C9H19NO4S/c1-3-9-6-10(4-5-14-9)15(12,13)8(2)7-11/h8-9,11H,3-7H2,1-2H3. The number of nitrogens with zero attached hydrogens (tertiary/aromatic N) is 1. The van der Waals surface area contributed by atoms with Crippen molar-refractivity contribution in [3.63, 3.8) is 0 Å². The van der Waals surface area contributed by atoms with E-state index in [0.717, 1.165) is 6.42 Å². The Balaban J connectivity index is 2.70. The van der Waals surface area contributed by atoms with Gasteiger partial charge in [-0.3, -0.25) is 0 Å². The summed E-state index contributed by atoms with van der Waals surface area (Å²) in [5, 5.41) is 8.16. The van der Waals surface area contributed by atoms with Gasteiger partial charge in [-0.05, 0) is 13.3 Å². The molecule has 6 heteroatoms. The Bertz CT molecular complexity index is 290. The second-order valence-corrected chi connectivity index (χ2v) is 6.15.